The second kappa shape index (κ2) is 7.77. The number of carboxylic acid groups (broad SMARTS) is 1. The molecular formula is C17H21F2NO5. The molecule has 0 aliphatic carbocycles. The second-order valence-electron chi connectivity index (χ2n) is 6.22. The largest absolute Gasteiger partial charge is 0.481 e. The van der Waals surface area contributed by atoms with E-state index in [1.165, 1.54) is 25.0 Å². The Bertz CT molecular complexity index is 650. The van der Waals surface area contributed by atoms with Gasteiger partial charge in [0.05, 0.1) is 6.61 Å². The van der Waals surface area contributed by atoms with E-state index < -0.39 is 35.0 Å². The number of methoxy groups -OCH3 is 1. The van der Waals surface area contributed by atoms with Gasteiger partial charge in [0, 0.05) is 26.3 Å². The van der Waals surface area contributed by atoms with E-state index >= 15 is 0 Å². The number of rotatable bonds is 6. The van der Waals surface area contributed by atoms with Crippen LogP contribution in [0.1, 0.15) is 19.8 Å². The fourth-order valence-corrected chi connectivity index (χ4v) is 3.01. The van der Waals surface area contributed by atoms with Gasteiger partial charge in [0.1, 0.15) is 11.2 Å². The van der Waals surface area contributed by atoms with Crippen LogP contribution < -0.4 is 4.74 Å². The molecule has 0 radical (unpaired) electrons. The lowest BCUT2D eigenvalue weighted by Gasteiger charge is -2.40. The van der Waals surface area contributed by atoms with Gasteiger partial charge in [0.15, 0.2) is 17.7 Å². The summed E-state index contributed by atoms with van der Waals surface area (Å²) in [5.41, 5.74) is -1.15. The van der Waals surface area contributed by atoms with Gasteiger partial charge < -0.3 is 19.5 Å². The summed E-state index contributed by atoms with van der Waals surface area (Å²) in [5, 5.41) is 9.52. The van der Waals surface area contributed by atoms with Gasteiger partial charge in [-0.05, 0) is 31.9 Å². The zero-order valence-electron chi connectivity index (χ0n) is 14.1. The molecule has 8 heteroatoms. The minimum Gasteiger partial charge on any atom is -0.481 e. The summed E-state index contributed by atoms with van der Waals surface area (Å²) >= 11 is 0. The van der Waals surface area contributed by atoms with Crippen molar-refractivity contribution in [2.45, 2.75) is 25.9 Å². The molecule has 2 rings (SSSR count). The summed E-state index contributed by atoms with van der Waals surface area (Å²) in [5.74, 6) is -3.47. The number of benzene rings is 1. The predicted octanol–water partition coefficient (Wildman–Crippen LogP) is 2.07. The molecule has 25 heavy (non-hydrogen) atoms. The van der Waals surface area contributed by atoms with Crippen molar-refractivity contribution in [1.29, 1.82) is 0 Å². The van der Waals surface area contributed by atoms with Gasteiger partial charge in [-0.25, -0.2) is 8.78 Å². The smallest absolute Gasteiger partial charge is 0.313 e. The molecule has 1 amide bonds. The molecule has 1 saturated heterocycles. The Morgan fingerprint density at radius 3 is 2.68 bits per heavy atom. The summed E-state index contributed by atoms with van der Waals surface area (Å²) in [6.07, 6.45) is -0.0190. The van der Waals surface area contributed by atoms with Gasteiger partial charge in [-0.15, -0.1) is 0 Å². The summed E-state index contributed by atoms with van der Waals surface area (Å²) in [7, 11) is 1.42. The van der Waals surface area contributed by atoms with Crippen molar-refractivity contribution in [2.75, 3.05) is 26.8 Å². The number of carbonyl (C=O) groups is 2. The normalized spacial score (nSPS) is 21.7. The van der Waals surface area contributed by atoms with Crippen LogP contribution in [0, 0.1) is 17.0 Å². The summed E-state index contributed by atoms with van der Waals surface area (Å²) < 4.78 is 36.6. The molecule has 2 atom stereocenters. The van der Waals surface area contributed by atoms with Crippen LogP contribution in [0.5, 0.6) is 5.75 Å². The Kier molecular flexibility index (Phi) is 5.94. The zero-order valence-corrected chi connectivity index (χ0v) is 14.1. The minimum atomic E-state index is -1.15. The molecule has 6 nitrogen and oxygen atoms in total. The highest BCUT2D eigenvalue weighted by Gasteiger charge is 2.44. The SMILES string of the molecule is COCC1(C(=O)O)CCCN(C(=O)C(C)Oc2ccc(F)c(F)c2)C1. The molecule has 1 aliphatic rings. The van der Waals surface area contributed by atoms with Crippen LogP contribution in [0.2, 0.25) is 0 Å². The molecule has 0 bridgehead atoms. The van der Waals surface area contributed by atoms with Crippen LogP contribution in [-0.4, -0.2) is 54.8 Å². The number of amides is 1. The fourth-order valence-electron chi connectivity index (χ4n) is 3.01. The van der Waals surface area contributed by atoms with E-state index in [-0.39, 0.29) is 18.9 Å². The molecule has 1 fully saturated rings. The molecule has 1 aromatic rings. The van der Waals surface area contributed by atoms with Crippen LogP contribution in [0.15, 0.2) is 18.2 Å². The summed E-state index contributed by atoms with van der Waals surface area (Å²) in [4.78, 5) is 25.6. The molecule has 2 unspecified atom stereocenters. The van der Waals surface area contributed by atoms with Crippen molar-refractivity contribution < 1.29 is 33.0 Å². The molecule has 1 aromatic carbocycles. The maximum atomic E-state index is 13.2. The monoisotopic (exact) mass is 357 g/mol. The minimum absolute atomic E-state index is 0.00449. The van der Waals surface area contributed by atoms with Crippen molar-refractivity contribution in [2.24, 2.45) is 5.41 Å². The first-order valence-corrected chi connectivity index (χ1v) is 7.92. The number of halogens is 2. The third kappa shape index (κ3) is 4.25. The fraction of sp³-hybridized carbons (Fsp3) is 0.529. The highest BCUT2D eigenvalue weighted by molar-refractivity contribution is 5.83. The van der Waals surface area contributed by atoms with E-state index in [2.05, 4.69) is 0 Å². The van der Waals surface area contributed by atoms with Crippen LogP contribution in [-0.2, 0) is 14.3 Å². The highest BCUT2D eigenvalue weighted by atomic mass is 19.2. The number of carbonyl (C=O) groups excluding carboxylic acids is 1. The Morgan fingerprint density at radius 1 is 1.36 bits per heavy atom. The number of ether oxygens (including phenoxy) is 2. The molecule has 0 aromatic heterocycles. The zero-order chi connectivity index (χ0) is 18.6. The van der Waals surface area contributed by atoms with Gasteiger partial charge in [-0.3, -0.25) is 9.59 Å². The molecule has 138 valence electrons. The number of likely N-dealkylation sites (tertiary alicyclic amines) is 1. The first-order valence-electron chi connectivity index (χ1n) is 7.92. The molecule has 0 saturated carbocycles. The number of hydrogen-bond acceptors (Lipinski definition) is 4. The molecule has 1 aliphatic heterocycles. The third-order valence-corrected chi connectivity index (χ3v) is 4.31. The summed E-state index contributed by atoms with van der Waals surface area (Å²) in [6.45, 7) is 1.91. The van der Waals surface area contributed by atoms with Crippen LogP contribution in [0.3, 0.4) is 0 Å². The van der Waals surface area contributed by atoms with E-state index in [1.807, 2.05) is 0 Å². The van der Waals surface area contributed by atoms with Gasteiger partial charge in [0.2, 0.25) is 0 Å². The lowest BCUT2D eigenvalue weighted by molar-refractivity contribution is -0.160. The summed E-state index contributed by atoms with van der Waals surface area (Å²) in [6, 6.07) is 3.00. The van der Waals surface area contributed by atoms with E-state index in [9.17, 15) is 23.5 Å². The average Bonchev–Trinajstić information content (AvgIpc) is 2.57. The van der Waals surface area contributed by atoms with Crippen LogP contribution in [0.25, 0.3) is 0 Å². The third-order valence-electron chi connectivity index (χ3n) is 4.31. The van der Waals surface area contributed by atoms with Crippen molar-refractivity contribution in [3.8, 4) is 5.75 Å². The van der Waals surface area contributed by atoms with Gasteiger partial charge in [-0.2, -0.15) is 0 Å². The number of piperidine rings is 1. The lowest BCUT2D eigenvalue weighted by Crippen LogP contribution is -2.54. The Morgan fingerprint density at radius 2 is 2.08 bits per heavy atom. The quantitative estimate of drug-likeness (QED) is 0.844. The number of nitrogens with zero attached hydrogens (tertiary/aromatic N) is 1. The molecular weight excluding hydrogens is 336 g/mol. The molecule has 1 heterocycles. The van der Waals surface area contributed by atoms with Gasteiger partial charge in [0.25, 0.3) is 5.91 Å². The van der Waals surface area contributed by atoms with Crippen molar-refractivity contribution in [3.63, 3.8) is 0 Å². The number of carboxylic acids is 1. The number of hydrogen-bond donors (Lipinski definition) is 1. The van der Waals surface area contributed by atoms with Crippen molar-refractivity contribution >= 4 is 11.9 Å². The predicted molar refractivity (Wildman–Crippen MR) is 84.2 cm³/mol. The molecule has 1 N–H and O–H groups in total. The maximum Gasteiger partial charge on any atom is 0.313 e. The van der Waals surface area contributed by atoms with E-state index in [4.69, 9.17) is 9.47 Å². The van der Waals surface area contributed by atoms with Crippen molar-refractivity contribution in [3.05, 3.63) is 29.8 Å². The highest BCUT2D eigenvalue weighted by Crippen LogP contribution is 2.31. The van der Waals surface area contributed by atoms with Crippen molar-refractivity contribution in [1.82, 2.24) is 4.90 Å². The Labute approximate surface area is 144 Å². The van der Waals surface area contributed by atoms with Gasteiger partial charge >= 0.3 is 5.97 Å². The first-order chi connectivity index (χ1) is 11.8. The topological polar surface area (TPSA) is 76.1 Å². The Balaban J connectivity index is 2.07. The number of aliphatic carboxylic acids is 1. The lowest BCUT2D eigenvalue weighted by atomic mass is 9.80. The second-order valence-corrected chi connectivity index (χ2v) is 6.22. The van der Waals surface area contributed by atoms with Crippen LogP contribution in [0.4, 0.5) is 8.78 Å². The van der Waals surface area contributed by atoms with Gasteiger partial charge in [-0.1, -0.05) is 0 Å². The Hall–Kier alpha value is -2.22. The van der Waals surface area contributed by atoms with E-state index in [0.29, 0.717) is 19.4 Å². The van der Waals surface area contributed by atoms with Crippen LogP contribution >= 0.6 is 0 Å². The average molecular weight is 357 g/mol. The van der Waals surface area contributed by atoms with E-state index in [0.717, 1.165) is 12.1 Å². The van der Waals surface area contributed by atoms with E-state index in [1.54, 1.807) is 0 Å². The maximum absolute atomic E-state index is 13.2. The standard InChI is InChI=1S/C17H21F2NO5/c1-11(25-12-4-5-13(18)14(19)8-12)15(21)20-7-3-6-17(9-20,10-24-2)16(22)23/h4-5,8,11H,3,6-7,9-10H2,1-2H3,(H,22,23). The first kappa shape index (κ1) is 19.1. The molecule has 0 spiro atoms.